The van der Waals surface area contributed by atoms with Crippen LogP contribution in [-0.4, -0.2) is 29.5 Å². The molecular formula is C18H23N4OP. The topological polar surface area (TPSA) is 67.2 Å². The van der Waals surface area contributed by atoms with Gasteiger partial charge in [0.25, 0.3) is 0 Å². The Kier molecular flexibility index (Phi) is 4.31. The van der Waals surface area contributed by atoms with Crippen molar-refractivity contribution in [1.82, 2.24) is 9.97 Å². The summed E-state index contributed by atoms with van der Waals surface area (Å²) in [6, 6.07) is 7.66. The molecule has 1 aromatic heterocycles. The maximum Gasteiger partial charge on any atom is 0.160 e. The molecule has 1 unspecified atom stereocenters. The third-order valence-electron chi connectivity index (χ3n) is 4.17. The molecule has 1 aromatic carbocycles. The van der Waals surface area contributed by atoms with Crippen LogP contribution in [0.3, 0.4) is 0 Å². The van der Waals surface area contributed by atoms with Crippen LogP contribution in [0, 0.1) is 12.8 Å². The lowest BCUT2D eigenvalue weighted by Crippen LogP contribution is -2.09. The summed E-state index contributed by atoms with van der Waals surface area (Å²) in [5, 5.41) is 4.20. The maximum atomic E-state index is 12.1. The molecule has 1 aliphatic rings. The van der Waals surface area contributed by atoms with Gasteiger partial charge in [0, 0.05) is 23.1 Å². The normalized spacial score (nSPS) is 16.5. The summed E-state index contributed by atoms with van der Waals surface area (Å²) in [5.74, 6) is 2.13. The zero-order chi connectivity index (χ0) is 17.5. The summed E-state index contributed by atoms with van der Waals surface area (Å²) in [7, 11) is -2.24. The monoisotopic (exact) mass is 342 g/mol. The minimum absolute atomic E-state index is 0.232. The fourth-order valence-electron chi connectivity index (χ4n) is 2.79. The average Bonchev–Trinajstić information content (AvgIpc) is 2.90. The Morgan fingerprint density at radius 3 is 2.38 bits per heavy atom. The molecule has 3 rings (SSSR count). The van der Waals surface area contributed by atoms with Gasteiger partial charge in [-0.3, -0.25) is 4.99 Å². The van der Waals surface area contributed by atoms with Crippen LogP contribution in [0.25, 0.3) is 0 Å². The lowest BCUT2D eigenvalue weighted by Gasteiger charge is -2.15. The van der Waals surface area contributed by atoms with Gasteiger partial charge in [-0.2, -0.15) is 0 Å². The highest BCUT2D eigenvalue weighted by molar-refractivity contribution is 7.70. The van der Waals surface area contributed by atoms with Gasteiger partial charge in [0.2, 0.25) is 0 Å². The summed E-state index contributed by atoms with van der Waals surface area (Å²) in [6.07, 6.45) is 1.96. The van der Waals surface area contributed by atoms with Crippen molar-refractivity contribution in [3.05, 3.63) is 35.8 Å². The summed E-state index contributed by atoms with van der Waals surface area (Å²) in [4.78, 5) is 13.6. The average molecular weight is 342 g/mol. The van der Waals surface area contributed by atoms with E-state index in [1.54, 1.807) is 13.3 Å². The van der Waals surface area contributed by atoms with E-state index in [1.165, 1.54) is 0 Å². The number of aromatic nitrogens is 2. The van der Waals surface area contributed by atoms with Crippen LogP contribution in [0.4, 0.5) is 17.2 Å². The van der Waals surface area contributed by atoms with Gasteiger partial charge in [-0.25, -0.2) is 9.97 Å². The van der Waals surface area contributed by atoms with Gasteiger partial charge in [-0.05, 0) is 50.4 Å². The molecule has 0 radical (unpaired) electrons. The Bertz CT molecular complexity index is 837. The molecular weight excluding hydrogens is 319 g/mol. The fourth-order valence-corrected chi connectivity index (χ4v) is 3.66. The lowest BCUT2D eigenvalue weighted by atomic mass is 9.94. The number of aliphatic imine (C=N–C) groups is 1. The largest absolute Gasteiger partial charge is 0.338 e. The smallest absolute Gasteiger partial charge is 0.160 e. The van der Waals surface area contributed by atoms with Gasteiger partial charge in [-0.15, -0.1) is 0 Å². The molecule has 0 saturated heterocycles. The van der Waals surface area contributed by atoms with Crippen LogP contribution < -0.4 is 10.6 Å². The highest BCUT2D eigenvalue weighted by Crippen LogP contribution is 2.40. The number of benzene rings is 1. The number of nitrogens with one attached hydrogen (secondary N) is 1. The van der Waals surface area contributed by atoms with Gasteiger partial charge >= 0.3 is 0 Å². The Morgan fingerprint density at radius 2 is 1.79 bits per heavy atom. The molecule has 1 N–H and O–H groups in total. The third kappa shape index (κ3) is 3.27. The molecule has 2 heterocycles. The van der Waals surface area contributed by atoms with E-state index in [0.29, 0.717) is 5.92 Å². The van der Waals surface area contributed by atoms with E-state index in [0.717, 1.165) is 34.0 Å². The van der Waals surface area contributed by atoms with E-state index in [-0.39, 0.29) is 5.92 Å². The second-order valence-corrected chi connectivity index (χ2v) is 10.1. The standard InChI is InChI=1S/C18H23N4OP/c1-11(2)15-10-19-17-16(15)20-12(3)21-18(17)22-13-6-8-14(9-7-13)24(4,5)23/h6-11,15H,1-5H3,(H,20,21,22). The second kappa shape index (κ2) is 6.14. The molecule has 0 amide bonds. The number of anilines is 2. The van der Waals surface area contributed by atoms with Crippen molar-refractivity contribution in [2.45, 2.75) is 26.7 Å². The Morgan fingerprint density at radius 1 is 1.12 bits per heavy atom. The van der Waals surface area contributed by atoms with E-state index in [9.17, 15) is 4.57 Å². The van der Waals surface area contributed by atoms with Gasteiger partial charge < -0.3 is 9.88 Å². The summed E-state index contributed by atoms with van der Waals surface area (Å²) in [6.45, 7) is 9.79. The van der Waals surface area contributed by atoms with Crippen molar-refractivity contribution in [3.8, 4) is 0 Å². The predicted molar refractivity (Wildman–Crippen MR) is 101 cm³/mol. The summed E-state index contributed by atoms with van der Waals surface area (Å²) < 4.78 is 12.1. The summed E-state index contributed by atoms with van der Waals surface area (Å²) in [5.41, 5.74) is 2.71. The predicted octanol–water partition coefficient (Wildman–Crippen LogP) is 4.23. The first-order valence-corrected chi connectivity index (χ1v) is 10.7. The molecule has 0 bridgehead atoms. The summed E-state index contributed by atoms with van der Waals surface area (Å²) >= 11 is 0. The van der Waals surface area contributed by atoms with Crippen LogP contribution in [0.1, 0.15) is 31.3 Å². The van der Waals surface area contributed by atoms with Gasteiger partial charge in [0.15, 0.2) is 5.82 Å². The zero-order valence-corrected chi connectivity index (χ0v) is 15.6. The molecule has 0 aliphatic carbocycles. The van der Waals surface area contributed by atoms with Crippen molar-refractivity contribution in [2.24, 2.45) is 10.9 Å². The van der Waals surface area contributed by atoms with Crippen molar-refractivity contribution < 1.29 is 4.57 Å². The van der Waals surface area contributed by atoms with Gasteiger partial charge in [0.1, 0.15) is 18.7 Å². The molecule has 6 heteroatoms. The van der Waals surface area contributed by atoms with Crippen LogP contribution in [0.2, 0.25) is 0 Å². The molecule has 5 nitrogen and oxygen atoms in total. The van der Waals surface area contributed by atoms with E-state index in [4.69, 9.17) is 0 Å². The van der Waals surface area contributed by atoms with E-state index in [1.807, 2.05) is 37.4 Å². The van der Waals surface area contributed by atoms with Gasteiger partial charge in [0.05, 0.1) is 5.69 Å². The molecule has 126 valence electrons. The fraction of sp³-hybridized carbons (Fsp3) is 0.389. The van der Waals surface area contributed by atoms with Crippen LogP contribution in [0.15, 0.2) is 29.3 Å². The van der Waals surface area contributed by atoms with Crippen LogP contribution >= 0.6 is 7.14 Å². The molecule has 2 aromatic rings. The molecule has 1 atom stereocenters. The Labute approximate surface area is 143 Å². The van der Waals surface area contributed by atoms with Crippen LogP contribution in [0.5, 0.6) is 0 Å². The quantitative estimate of drug-likeness (QED) is 0.844. The minimum atomic E-state index is -2.24. The lowest BCUT2D eigenvalue weighted by molar-refractivity contribution is 0.588. The van der Waals surface area contributed by atoms with Crippen LogP contribution in [-0.2, 0) is 4.57 Å². The number of fused-ring (bicyclic) bond motifs is 1. The highest BCUT2D eigenvalue weighted by Gasteiger charge is 2.27. The number of nitrogens with zero attached hydrogens (tertiary/aromatic N) is 3. The highest BCUT2D eigenvalue weighted by atomic mass is 31.2. The number of hydrogen-bond donors (Lipinski definition) is 1. The first-order valence-electron chi connectivity index (χ1n) is 8.11. The first kappa shape index (κ1) is 16.8. The van der Waals surface area contributed by atoms with E-state index < -0.39 is 7.14 Å². The van der Waals surface area contributed by atoms with Crippen molar-refractivity contribution in [1.29, 1.82) is 0 Å². The van der Waals surface area contributed by atoms with Crippen molar-refractivity contribution in [2.75, 3.05) is 18.6 Å². The zero-order valence-electron chi connectivity index (χ0n) is 14.7. The molecule has 0 fully saturated rings. The molecule has 24 heavy (non-hydrogen) atoms. The first-order chi connectivity index (χ1) is 11.3. The van der Waals surface area contributed by atoms with Crippen molar-refractivity contribution in [3.63, 3.8) is 0 Å². The van der Waals surface area contributed by atoms with Crippen molar-refractivity contribution >= 4 is 35.9 Å². The van der Waals surface area contributed by atoms with E-state index >= 15 is 0 Å². The Hall–Kier alpha value is -2.00. The maximum absolute atomic E-state index is 12.1. The molecule has 0 spiro atoms. The number of aryl methyl sites for hydroxylation is 1. The minimum Gasteiger partial charge on any atom is -0.338 e. The van der Waals surface area contributed by atoms with E-state index in [2.05, 4.69) is 34.1 Å². The molecule has 1 aliphatic heterocycles. The second-order valence-electron chi connectivity index (χ2n) is 6.92. The van der Waals surface area contributed by atoms with Gasteiger partial charge in [-0.1, -0.05) is 13.8 Å². The number of hydrogen-bond acceptors (Lipinski definition) is 5. The molecule has 0 saturated carbocycles. The third-order valence-corrected chi connectivity index (χ3v) is 5.71. The number of rotatable bonds is 4. The SMILES string of the molecule is Cc1nc(Nc2ccc(P(C)(C)=O)cc2)c2c(n1)C(C(C)C)C=N2. The Balaban J connectivity index is 1.93.